The number of hydrogen-bond acceptors (Lipinski definition) is 4. The van der Waals surface area contributed by atoms with Crippen molar-refractivity contribution in [3.05, 3.63) is 29.7 Å². The van der Waals surface area contributed by atoms with Crippen LogP contribution < -0.4 is 10.2 Å². The lowest BCUT2D eigenvalue weighted by Gasteiger charge is -2.19. The minimum Gasteiger partial charge on any atom is -0.480 e. The van der Waals surface area contributed by atoms with Crippen molar-refractivity contribution in [2.24, 2.45) is 0 Å². The zero-order chi connectivity index (χ0) is 15.7. The first-order valence-corrected chi connectivity index (χ1v) is 5.93. The van der Waals surface area contributed by atoms with E-state index in [4.69, 9.17) is 5.11 Å². The molecule has 0 bridgehead atoms. The molecule has 0 radical (unpaired) electrons. The number of fused-ring (bicyclic) bond motifs is 1. The van der Waals surface area contributed by atoms with Gasteiger partial charge in [0.05, 0.1) is 17.3 Å². The zero-order valence-corrected chi connectivity index (χ0v) is 11.2. The van der Waals surface area contributed by atoms with Crippen LogP contribution in [0.15, 0.2) is 12.3 Å². The second-order valence-electron chi connectivity index (χ2n) is 4.40. The number of pyridine rings is 1. The van der Waals surface area contributed by atoms with E-state index >= 15 is 0 Å². The molecular formula is C13H12F3N3O2. The number of carboxylic acids is 1. The second-order valence-corrected chi connectivity index (χ2v) is 4.40. The van der Waals surface area contributed by atoms with E-state index in [9.17, 15) is 18.0 Å². The average molecular weight is 299 g/mol. The first kappa shape index (κ1) is 14.9. The third-order valence-electron chi connectivity index (χ3n) is 3.00. The lowest BCUT2D eigenvalue weighted by molar-refractivity contribution is -0.135. The summed E-state index contributed by atoms with van der Waals surface area (Å²) >= 11 is 0. The van der Waals surface area contributed by atoms with Crippen molar-refractivity contribution in [1.29, 1.82) is 0 Å². The molecule has 21 heavy (non-hydrogen) atoms. The van der Waals surface area contributed by atoms with Gasteiger partial charge in [-0.2, -0.15) is 0 Å². The molecule has 0 saturated carbocycles. The van der Waals surface area contributed by atoms with Crippen LogP contribution in [-0.4, -0.2) is 36.7 Å². The number of likely N-dealkylation sites (N-methyl/N-ethyl adjacent to an activating group) is 1. The summed E-state index contributed by atoms with van der Waals surface area (Å²) in [4.78, 5) is 15.8. The fourth-order valence-electron chi connectivity index (χ4n) is 2.05. The van der Waals surface area contributed by atoms with Crippen molar-refractivity contribution in [2.75, 3.05) is 30.9 Å². The van der Waals surface area contributed by atoms with Crippen LogP contribution in [-0.2, 0) is 4.79 Å². The van der Waals surface area contributed by atoms with Gasteiger partial charge in [0.1, 0.15) is 12.4 Å². The lowest BCUT2D eigenvalue weighted by Crippen LogP contribution is -2.26. The van der Waals surface area contributed by atoms with Gasteiger partial charge in [-0.25, -0.2) is 18.2 Å². The Balaban J connectivity index is 2.79. The Morgan fingerprint density at radius 1 is 1.38 bits per heavy atom. The second kappa shape index (κ2) is 5.47. The van der Waals surface area contributed by atoms with Crippen molar-refractivity contribution in [1.82, 2.24) is 4.98 Å². The highest BCUT2D eigenvalue weighted by Gasteiger charge is 2.21. The topological polar surface area (TPSA) is 65.5 Å². The largest absolute Gasteiger partial charge is 0.480 e. The highest BCUT2D eigenvalue weighted by atomic mass is 19.2. The van der Waals surface area contributed by atoms with E-state index in [-0.39, 0.29) is 16.6 Å². The summed E-state index contributed by atoms with van der Waals surface area (Å²) < 4.78 is 40.9. The fraction of sp³-hybridized carbons (Fsp3) is 0.231. The Labute approximate surface area is 118 Å². The van der Waals surface area contributed by atoms with Crippen LogP contribution in [0.2, 0.25) is 0 Å². The molecule has 0 aliphatic rings. The average Bonchev–Trinajstić information content (AvgIpc) is 2.43. The highest BCUT2D eigenvalue weighted by molar-refractivity contribution is 6.01. The SMILES string of the molecule is CNc1cnc(N(C)CC(=O)O)c2c(F)c(F)c(F)cc12. The van der Waals surface area contributed by atoms with Crippen LogP contribution in [0.25, 0.3) is 10.8 Å². The maximum Gasteiger partial charge on any atom is 0.323 e. The Morgan fingerprint density at radius 2 is 2.05 bits per heavy atom. The molecule has 2 N–H and O–H groups in total. The molecule has 5 nitrogen and oxygen atoms in total. The van der Waals surface area contributed by atoms with E-state index in [1.165, 1.54) is 20.3 Å². The minimum absolute atomic E-state index is 0.0798. The predicted octanol–water partition coefficient (Wildman–Crippen LogP) is 2.21. The Bertz CT molecular complexity index is 722. The molecule has 0 aliphatic heterocycles. The monoisotopic (exact) mass is 299 g/mol. The molecule has 1 aromatic carbocycles. The van der Waals surface area contributed by atoms with Crippen LogP contribution in [0, 0.1) is 17.5 Å². The number of anilines is 2. The van der Waals surface area contributed by atoms with Gasteiger partial charge in [0.25, 0.3) is 0 Å². The van der Waals surface area contributed by atoms with Crippen LogP contribution in [0.3, 0.4) is 0 Å². The smallest absolute Gasteiger partial charge is 0.323 e. The van der Waals surface area contributed by atoms with Gasteiger partial charge in [-0.1, -0.05) is 0 Å². The number of carbonyl (C=O) groups is 1. The number of hydrogen-bond donors (Lipinski definition) is 2. The summed E-state index contributed by atoms with van der Waals surface area (Å²) in [6, 6.07) is 0.847. The molecule has 0 unspecified atom stereocenters. The van der Waals surface area contributed by atoms with E-state index in [0.29, 0.717) is 5.69 Å². The third-order valence-corrected chi connectivity index (χ3v) is 3.00. The molecule has 0 saturated heterocycles. The minimum atomic E-state index is -1.62. The van der Waals surface area contributed by atoms with Crippen LogP contribution in [0.5, 0.6) is 0 Å². The summed E-state index contributed by atoms with van der Waals surface area (Å²) in [5.74, 6) is -5.59. The van der Waals surface area contributed by atoms with E-state index in [1.54, 1.807) is 0 Å². The molecule has 0 aliphatic carbocycles. The van der Waals surface area contributed by atoms with Crippen molar-refractivity contribution in [3.8, 4) is 0 Å². The van der Waals surface area contributed by atoms with Crippen LogP contribution in [0.4, 0.5) is 24.7 Å². The van der Waals surface area contributed by atoms with Gasteiger partial charge in [0.15, 0.2) is 17.5 Å². The number of nitrogens with one attached hydrogen (secondary N) is 1. The van der Waals surface area contributed by atoms with Gasteiger partial charge in [-0.3, -0.25) is 4.79 Å². The summed E-state index contributed by atoms with van der Waals surface area (Å²) in [6.45, 7) is -0.459. The Hall–Kier alpha value is -2.51. The van der Waals surface area contributed by atoms with Crippen molar-refractivity contribution in [2.45, 2.75) is 0 Å². The standard InChI is InChI=1S/C13H12F3N3O2/c1-17-8-4-18-13(19(2)5-9(20)21)10-6(8)3-7(14)11(15)12(10)16/h3-4,17H,5H2,1-2H3,(H,20,21). The number of carboxylic acid groups (broad SMARTS) is 1. The van der Waals surface area contributed by atoms with E-state index < -0.39 is 30.0 Å². The first-order valence-electron chi connectivity index (χ1n) is 5.93. The fourth-order valence-corrected chi connectivity index (χ4v) is 2.05. The number of halogens is 3. The number of nitrogens with zero attached hydrogens (tertiary/aromatic N) is 2. The molecule has 0 fully saturated rings. The maximum absolute atomic E-state index is 14.1. The first-order chi connectivity index (χ1) is 9.86. The molecule has 0 spiro atoms. The zero-order valence-electron chi connectivity index (χ0n) is 11.2. The molecule has 0 atom stereocenters. The van der Waals surface area contributed by atoms with Gasteiger partial charge < -0.3 is 15.3 Å². The van der Waals surface area contributed by atoms with Crippen molar-refractivity contribution < 1.29 is 23.1 Å². The van der Waals surface area contributed by atoms with Crippen LogP contribution in [0.1, 0.15) is 0 Å². The summed E-state index contributed by atoms with van der Waals surface area (Å²) in [5.41, 5.74) is 0.301. The van der Waals surface area contributed by atoms with Gasteiger partial charge >= 0.3 is 5.97 Å². The molecule has 1 heterocycles. The van der Waals surface area contributed by atoms with E-state index in [0.717, 1.165) is 11.0 Å². The van der Waals surface area contributed by atoms with Gasteiger partial charge in [-0.15, -0.1) is 0 Å². The Kier molecular flexibility index (Phi) is 3.88. The maximum atomic E-state index is 14.1. The number of rotatable bonds is 4. The van der Waals surface area contributed by atoms with Gasteiger partial charge in [0.2, 0.25) is 0 Å². The molecular weight excluding hydrogens is 287 g/mol. The summed E-state index contributed by atoms with van der Waals surface area (Å²) in [7, 11) is 2.89. The normalized spacial score (nSPS) is 10.7. The van der Waals surface area contributed by atoms with Crippen molar-refractivity contribution >= 4 is 28.2 Å². The molecule has 112 valence electrons. The molecule has 0 amide bonds. The molecule has 2 aromatic rings. The molecule has 2 rings (SSSR count). The van der Waals surface area contributed by atoms with E-state index in [2.05, 4.69) is 10.3 Å². The molecule has 8 heteroatoms. The predicted molar refractivity (Wildman–Crippen MR) is 72.1 cm³/mol. The highest BCUT2D eigenvalue weighted by Crippen LogP contribution is 2.34. The third kappa shape index (κ3) is 2.56. The lowest BCUT2D eigenvalue weighted by atomic mass is 10.1. The number of aromatic nitrogens is 1. The number of aliphatic carboxylic acids is 1. The summed E-state index contributed by atoms with van der Waals surface area (Å²) in [5, 5.41) is 11.3. The number of benzene rings is 1. The van der Waals surface area contributed by atoms with E-state index in [1.807, 2.05) is 0 Å². The quantitative estimate of drug-likeness (QED) is 0.847. The van der Waals surface area contributed by atoms with Gasteiger partial charge in [-0.05, 0) is 6.07 Å². The summed E-state index contributed by atoms with van der Waals surface area (Å²) in [6.07, 6.45) is 1.30. The molecule has 1 aromatic heterocycles. The van der Waals surface area contributed by atoms with Crippen molar-refractivity contribution in [3.63, 3.8) is 0 Å². The van der Waals surface area contributed by atoms with Crippen LogP contribution >= 0.6 is 0 Å². The van der Waals surface area contributed by atoms with Gasteiger partial charge in [0, 0.05) is 19.5 Å². The Morgan fingerprint density at radius 3 is 2.62 bits per heavy atom.